The Balaban J connectivity index is 1.66. The number of carbonyl (C=O) groups is 1. The van der Waals surface area contributed by atoms with Crippen LogP contribution >= 0.6 is 0 Å². The Kier molecular flexibility index (Phi) is 7.30. The molecule has 1 atom stereocenters. The predicted octanol–water partition coefficient (Wildman–Crippen LogP) is 4.39. The zero-order valence-corrected chi connectivity index (χ0v) is 16.7. The van der Waals surface area contributed by atoms with E-state index in [-0.39, 0.29) is 18.5 Å². The molecular formula is C23H26N2O4. The van der Waals surface area contributed by atoms with Gasteiger partial charge in [0, 0.05) is 11.8 Å². The fourth-order valence-corrected chi connectivity index (χ4v) is 3.01. The molecule has 1 aromatic heterocycles. The van der Waals surface area contributed by atoms with Gasteiger partial charge in [-0.15, -0.1) is 0 Å². The third kappa shape index (κ3) is 5.62. The van der Waals surface area contributed by atoms with Crippen molar-refractivity contribution in [2.75, 3.05) is 25.1 Å². The molecular weight excluding hydrogens is 368 g/mol. The normalized spacial score (nSPS) is 11.7. The Morgan fingerprint density at radius 1 is 0.966 bits per heavy atom. The molecule has 3 rings (SSSR count). The first-order chi connectivity index (χ1) is 14.2. The molecule has 1 heterocycles. The van der Waals surface area contributed by atoms with Crippen LogP contribution in [0.25, 0.3) is 0 Å². The van der Waals surface area contributed by atoms with Gasteiger partial charge in [-0.25, -0.2) is 0 Å². The van der Waals surface area contributed by atoms with E-state index in [2.05, 4.69) is 10.6 Å². The van der Waals surface area contributed by atoms with Crippen molar-refractivity contribution < 1.29 is 18.7 Å². The molecule has 0 bridgehead atoms. The zero-order valence-electron chi connectivity index (χ0n) is 16.7. The summed E-state index contributed by atoms with van der Waals surface area (Å²) in [6.07, 6.45) is 1.63. The summed E-state index contributed by atoms with van der Waals surface area (Å²) in [6.45, 7) is 5.00. The third-order valence-corrected chi connectivity index (χ3v) is 4.25. The number of hydrogen-bond donors (Lipinski definition) is 2. The van der Waals surface area contributed by atoms with E-state index in [1.165, 1.54) is 0 Å². The van der Waals surface area contributed by atoms with Gasteiger partial charge in [0.05, 0.1) is 32.1 Å². The van der Waals surface area contributed by atoms with Gasteiger partial charge in [-0.2, -0.15) is 0 Å². The standard InChI is InChI=1S/C23H26N2O4/c1-3-27-19-13-12-18(15-21(19)28-4-2)25-22(26)16-24-23(20-11-8-14-29-20)17-9-6-5-7-10-17/h5-15,23-24H,3-4,16H2,1-2H3,(H,25,26)/t23-/m0/s1. The van der Waals surface area contributed by atoms with Crippen LogP contribution < -0.4 is 20.1 Å². The van der Waals surface area contributed by atoms with Crippen molar-refractivity contribution in [1.82, 2.24) is 5.32 Å². The average molecular weight is 394 g/mol. The van der Waals surface area contributed by atoms with E-state index in [0.717, 1.165) is 11.3 Å². The minimum absolute atomic E-state index is 0.122. The Hall–Kier alpha value is -3.25. The number of carbonyl (C=O) groups excluding carboxylic acids is 1. The topological polar surface area (TPSA) is 72.7 Å². The van der Waals surface area contributed by atoms with Gasteiger partial charge in [0.15, 0.2) is 11.5 Å². The van der Waals surface area contributed by atoms with Gasteiger partial charge in [0.25, 0.3) is 0 Å². The van der Waals surface area contributed by atoms with Gasteiger partial charge in [-0.05, 0) is 43.7 Å². The van der Waals surface area contributed by atoms with E-state index < -0.39 is 0 Å². The summed E-state index contributed by atoms with van der Waals surface area (Å²) in [5.41, 5.74) is 1.67. The van der Waals surface area contributed by atoms with Crippen LogP contribution in [0.4, 0.5) is 5.69 Å². The summed E-state index contributed by atoms with van der Waals surface area (Å²) >= 11 is 0. The van der Waals surface area contributed by atoms with Gasteiger partial charge in [-0.3, -0.25) is 10.1 Å². The smallest absolute Gasteiger partial charge is 0.238 e. The molecule has 0 saturated carbocycles. The molecule has 152 valence electrons. The number of amides is 1. The monoisotopic (exact) mass is 394 g/mol. The van der Waals surface area contributed by atoms with Gasteiger partial charge in [-0.1, -0.05) is 30.3 Å². The van der Waals surface area contributed by atoms with Crippen molar-refractivity contribution in [3.63, 3.8) is 0 Å². The fourth-order valence-electron chi connectivity index (χ4n) is 3.01. The quantitative estimate of drug-likeness (QED) is 0.533. The second-order valence-electron chi connectivity index (χ2n) is 6.32. The van der Waals surface area contributed by atoms with Gasteiger partial charge < -0.3 is 19.2 Å². The van der Waals surface area contributed by atoms with E-state index in [0.29, 0.717) is 30.4 Å². The number of benzene rings is 2. The van der Waals surface area contributed by atoms with Crippen LogP contribution in [-0.2, 0) is 4.79 Å². The maximum Gasteiger partial charge on any atom is 0.238 e. The molecule has 0 saturated heterocycles. The Bertz CT molecular complexity index is 895. The second-order valence-corrected chi connectivity index (χ2v) is 6.32. The molecule has 1 amide bonds. The summed E-state index contributed by atoms with van der Waals surface area (Å²) in [4.78, 5) is 12.5. The largest absolute Gasteiger partial charge is 0.490 e. The van der Waals surface area contributed by atoms with Crippen LogP contribution in [-0.4, -0.2) is 25.7 Å². The Morgan fingerprint density at radius 3 is 2.41 bits per heavy atom. The van der Waals surface area contributed by atoms with Crippen molar-refractivity contribution in [2.24, 2.45) is 0 Å². The van der Waals surface area contributed by atoms with Crippen LogP contribution in [0.1, 0.15) is 31.2 Å². The summed E-state index contributed by atoms with van der Waals surface area (Å²) in [7, 11) is 0. The summed E-state index contributed by atoms with van der Waals surface area (Å²) in [5.74, 6) is 1.86. The van der Waals surface area contributed by atoms with Crippen LogP contribution in [0.5, 0.6) is 11.5 Å². The Morgan fingerprint density at radius 2 is 1.72 bits per heavy atom. The molecule has 0 spiro atoms. The molecule has 0 fully saturated rings. The SMILES string of the molecule is CCOc1ccc(NC(=O)CN[C@@H](c2ccccc2)c2ccco2)cc1OCC. The summed E-state index contributed by atoms with van der Waals surface area (Å²) < 4.78 is 16.7. The lowest BCUT2D eigenvalue weighted by Gasteiger charge is -2.17. The molecule has 6 nitrogen and oxygen atoms in total. The predicted molar refractivity (Wildman–Crippen MR) is 112 cm³/mol. The number of anilines is 1. The van der Waals surface area contributed by atoms with Crippen LogP contribution in [0, 0.1) is 0 Å². The molecule has 3 aromatic rings. The minimum Gasteiger partial charge on any atom is -0.490 e. The van der Waals surface area contributed by atoms with Crippen molar-refractivity contribution in [1.29, 1.82) is 0 Å². The third-order valence-electron chi connectivity index (χ3n) is 4.25. The highest BCUT2D eigenvalue weighted by molar-refractivity contribution is 5.92. The number of nitrogens with one attached hydrogen (secondary N) is 2. The van der Waals surface area contributed by atoms with Crippen molar-refractivity contribution in [2.45, 2.75) is 19.9 Å². The first-order valence-corrected chi connectivity index (χ1v) is 9.72. The molecule has 0 radical (unpaired) electrons. The number of furan rings is 1. The molecule has 29 heavy (non-hydrogen) atoms. The lowest BCUT2D eigenvalue weighted by Crippen LogP contribution is -2.31. The first-order valence-electron chi connectivity index (χ1n) is 9.72. The second kappa shape index (κ2) is 10.3. The van der Waals surface area contributed by atoms with Crippen LogP contribution in [0.2, 0.25) is 0 Å². The molecule has 0 aliphatic carbocycles. The lowest BCUT2D eigenvalue weighted by atomic mass is 10.0. The number of ether oxygens (including phenoxy) is 2. The minimum atomic E-state index is -0.212. The molecule has 0 aliphatic heterocycles. The molecule has 2 N–H and O–H groups in total. The number of rotatable bonds is 10. The van der Waals surface area contributed by atoms with E-state index in [1.54, 1.807) is 24.5 Å². The highest BCUT2D eigenvalue weighted by Gasteiger charge is 2.17. The molecule has 2 aromatic carbocycles. The van der Waals surface area contributed by atoms with Crippen LogP contribution in [0.15, 0.2) is 71.3 Å². The van der Waals surface area contributed by atoms with E-state index in [9.17, 15) is 4.79 Å². The maximum absolute atomic E-state index is 12.5. The van der Waals surface area contributed by atoms with Crippen molar-refractivity contribution >= 4 is 11.6 Å². The molecule has 0 unspecified atom stereocenters. The lowest BCUT2D eigenvalue weighted by molar-refractivity contribution is -0.115. The zero-order chi connectivity index (χ0) is 20.5. The van der Waals surface area contributed by atoms with Crippen molar-refractivity contribution in [3.05, 3.63) is 78.3 Å². The van der Waals surface area contributed by atoms with E-state index in [1.807, 2.05) is 56.3 Å². The molecule has 0 aliphatic rings. The average Bonchev–Trinajstić information content (AvgIpc) is 3.26. The Labute approximate surface area is 170 Å². The summed E-state index contributed by atoms with van der Waals surface area (Å²) in [6, 6.07) is 18.8. The van der Waals surface area contributed by atoms with E-state index >= 15 is 0 Å². The van der Waals surface area contributed by atoms with Crippen molar-refractivity contribution in [3.8, 4) is 11.5 Å². The van der Waals surface area contributed by atoms with Gasteiger partial charge in [0.1, 0.15) is 5.76 Å². The highest BCUT2D eigenvalue weighted by atomic mass is 16.5. The van der Waals surface area contributed by atoms with Gasteiger partial charge in [0.2, 0.25) is 5.91 Å². The molecule has 6 heteroatoms. The van der Waals surface area contributed by atoms with E-state index in [4.69, 9.17) is 13.9 Å². The fraction of sp³-hybridized carbons (Fsp3) is 0.261. The highest BCUT2D eigenvalue weighted by Crippen LogP contribution is 2.30. The van der Waals surface area contributed by atoms with Crippen LogP contribution in [0.3, 0.4) is 0 Å². The summed E-state index contributed by atoms with van der Waals surface area (Å²) in [5, 5.41) is 6.16. The first kappa shape index (κ1) is 20.5. The number of hydrogen-bond acceptors (Lipinski definition) is 5. The van der Waals surface area contributed by atoms with Gasteiger partial charge >= 0.3 is 0 Å². The maximum atomic E-state index is 12.5.